The minimum absolute atomic E-state index is 0. The van der Waals surface area contributed by atoms with Gasteiger partial charge in [0.15, 0.2) is 0 Å². The van der Waals surface area contributed by atoms with Crippen LogP contribution in [0, 0.1) is 0 Å². The van der Waals surface area contributed by atoms with Crippen LogP contribution in [0.25, 0.3) is 11.0 Å². The monoisotopic (exact) mass is 356 g/mol. The third-order valence-corrected chi connectivity index (χ3v) is 4.17. The standard InChI is InChI=1S/C18H16N4O2.ClH/c23-17-9-8-12-13(20-17)5-3-6-14(12)21-18(24)10-22-11-19-15-4-1-2-7-16(15)22;/h1-7,11H,8-10H2,(H,20,23)(H,21,24);1H. The molecule has 128 valence electrons. The summed E-state index contributed by atoms with van der Waals surface area (Å²) in [4.78, 5) is 28.2. The highest BCUT2D eigenvalue weighted by Crippen LogP contribution is 2.29. The number of benzene rings is 2. The third kappa shape index (κ3) is 3.34. The maximum atomic E-state index is 12.4. The molecule has 2 amide bonds. The van der Waals surface area contributed by atoms with E-state index in [2.05, 4.69) is 15.6 Å². The Balaban J connectivity index is 0.00000182. The molecule has 2 aromatic carbocycles. The molecule has 0 saturated heterocycles. The van der Waals surface area contributed by atoms with E-state index in [0.717, 1.165) is 28.0 Å². The van der Waals surface area contributed by atoms with Crippen molar-refractivity contribution in [2.45, 2.75) is 19.4 Å². The van der Waals surface area contributed by atoms with Crippen LogP contribution in [-0.4, -0.2) is 21.4 Å². The van der Waals surface area contributed by atoms with Gasteiger partial charge in [0.2, 0.25) is 11.8 Å². The number of nitrogens with one attached hydrogen (secondary N) is 2. The number of rotatable bonds is 3. The molecule has 25 heavy (non-hydrogen) atoms. The fourth-order valence-electron chi connectivity index (χ4n) is 3.02. The molecule has 7 heteroatoms. The van der Waals surface area contributed by atoms with Gasteiger partial charge in [-0.3, -0.25) is 9.59 Å². The second-order valence-corrected chi connectivity index (χ2v) is 5.79. The number of anilines is 2. The number of nitrogens with zero attached hydrogens (tertiary/aromatic N) is 2. The predicted octanol–water partition coefficient (Wildman–Crippen LogP) is 2.98. The molecule has 1 aliphatic heterocycles. The molecule has 3 aromatic rings. The number of amides is 2. The van der Waals surface area contributed by atoms with Crippen molar-refractivity contribution in [1.82, 2.24) is 9.55 Å². The Morgan fingerprint density at radius 2 is 2.00 bits per heavy atom. The lowest BCUT2D eigenvalue weighted by Crippen LogP contribution is -2.23. The molecule has 6 nitrogen and oxygen atoms in total. The minimum Gasteiger partial charge on any atom is -0.326 e. The Morgan fingerprint density at radius 1 is 1.16 bits per heavy atom. The highest BCUT2D eigenvalue weighted by Gasteiger charge is 2.18. The van der Waals surface area contributed by atoms with Crippen LogP contribution in [0.4, 0.5) is 11.4 Å². The predicted molar refractivity (Wildman–Crippen MR) is 99.0 cm³/mol. The molecule has 0 radical (unpaired) electrons. The van der Waals surface area contributed by atoms with Gasteiger partial charge in [0, 0.05) is 17.8 Å². The Hall–Kier alpha value is -2.86. The zero-order valence-corrected chi connectivity index (χ0v) is 14.2. The van der Waals surface area contributed by atoms with Gasteiger partial charge in [-0.1, -0.05) is 18.2 Å². The molecule has 0 atom stereocenters. The van der Waals surface area contributed by atoms with E-state index in [0.29, 0.717) is 12.8 Å². The lowest BCUT2D eigenvalue weighted by Gasteiger charge is -2.20. The van der Waals surface area contributed by atoms with E-state index in [1.54, 1.807) is 6.33 Å². The highest BCUT2D eigenvalue weighted by atomic mass is 35.5. The smallest absolute Gasteiger partial charge is 0.244 e. The van der Waals surface area contributed by atoms with Gasteiger partial charge in [0.05, 0.1) is 17.4 Å². The van der Waals surface area contributed by atoms with Crippen molar-refractivity contribution in [2.75, 3.05) is 10.6 Å². The summed E-state index contributed by atoms with van der Waals surface area (Å²) in [6.45, 7) is 0.191. The van der Waals surface area contributed by atoms with E-state index in [1.807, 2.05) is 47.0 Å². The number of hydrogen-bond acceptors (Lipinski definition) is 3. The Morgan fingerprint density at radius 3 is 2.88 bits per heavy atom. The van der Waals surface area contributed by atoms with Gasteiger partial charge >= 0.3 is 0 Å². The van der Waals surface area contributed by atoms with Crippen LogP contribution in [0.3, 0.4) is 0 Å². The van der Waals surface area contributed by atoms with Gasteiger partial charge < -0.3 is 15.2 Å². The first-order valence-corrected chi connectivity index (χ1v) is 7.82. The van der Waals surface area contributed by atoms with Gasteiger partial charge in [0.25, 0.3) is 0 Å². The van der Waals surface area contributed by atoms with Gasteiger partial charge in [-0.15, -0.1) is 12.4 Å². The second kappa shape index (κ2) is 6.94. The molecule has 1 aliphatic rings. The first-order valence-electron chi connectivity index (χ1n) is 7.82. The lowest BCUT2D eigenvalue weighted by atomic mass is 10.0. The molecular formula is C18H17ClN4O2. The van der Waals surface area contributed by atoms with Gasteiger partial charge in [-0.05, 0) is 36.2 Å². The minimum atomic E-state index is -0.122. The maximum Gasteiger partial charge on any atom is 0.244 e. The third-order valence-electron chi connectivity index (χ3n) is 4.17. The molecule has 0 aliphatic carbocycles. The number of carbonyl (C=O) groups excluding carboxylic acids is 2. The quantitative estimate of drug-likeness (QED) is 0.757. The fourth-order valence-corrected chi connectivity index (χ4v) is 3.02. The van der Waals surface area contributed by atoms with Crippen molar-refractivity contribution in [1.29, 1.82) is 0 Å². The number of aromatic nitrogens is 2. The molecular weight excluding hydrogens is 340 g/mol. The van der Waals surface area contributed by atoms with Crippen LogP contribution >= 0.6 is 12.4 Å². The van der Waals surface area contributed by atoms with Crippen molar-refractivity contribution in [3.8, 4) is 0 Å². The van der Waals surface area contributed by atoms with Crippen molar-refractivity contribution in [3.05, 3.63) is 54.4 Å². The molecule has 4 rings (SSSR count). The van der Waals surface area contributed by atoms with Crippen LogP contribution in [-0.2, 0) is 22.6 Å². The molecule has 0 unspecified atom stereocenters. The topological polar surface area (TPSA) is 76.0 Å². The number of para-hydroxylation sites is 2. The fraction of sp³-hybridized carbons (Fsp3) is 0.167. The van der Waals surface area contributed by atoms with Crippen molar-refractivity contribution < 1.29 is 9.59 Å². The van der Waals surface area contributed by atoms with Crippen LogP contribution in [0.15, 0.2) is 48.8 Å². The summed E-state index contributed by atoms with van der Waals surface area (Å²) in [7, 11) is 0. The van der Waals surface area contributed by atoms with Crippen molar-refractivity contribution in [3.63, 3.8) is 0 Å². The van der Waals surface area contributed by atoms with E-state index < -0.39 is 0 Å². The molecule has 2 heterocycles. The summed E-state index contributed by atoms with van der Waals surface area (Å²) in [5.41, 5.74) is 4.29. The average molecular weight is 357 g/mol. The molecule has 0 fully saturated rings. The number of fused-ring (bicyclic) bond motifs is 2. The van der Waals surface area contributed by atoms with Crippen LogP contribution in [0.1, 0.15) is 12.0 Å². The van der Waals surface area contributed by atoms with Gasteiger partial charge in [-0.25, -0.2) is 4.98 Å². The first-order chi connectivity index (χ1) is 11.7. The summed E-state index contributed by atoms with van der Waals surface area (Å²) in [6, 6.07) is 13.2. The summed E-state index contributed by atoms with van der Waals surface area (Å²) in [6.07, 6.45) is 2.74. The van der Waals surface area contributed by atoms with Crippen molar-refractivity contribution >= 4 is 46.6 Å². The molecule has 0 spiro atoms. The second-order valence-electron chi connectivity index (χ2n) is 5.79. The Labute approximate surface area is 150 Å². The van der Waals surface area contributed by atoms with E-state index >= 15 is 0 Å². The van der Waals surface area contributed by atoms with Crippen molar-refractivity contribution in [2.24, 2.45) is 0 Å². The Kier molecular flexibility index (Phi) is 4.72. The van der Waals surface area contributed by atoms with Crippen LogP contribution in [0.5, 0.6) is 0 Å². The number of hydrogen-bond donors (Lipinski definition) is 2. The van der Waals surface area contributed by atoms with Gasteiger partial charge in [-0.2, -0.15) is 0 Å². The molecule has 0 bridgehead atoms. The zero-order valence-electron chi connectivity index (χ0n) is 13.4. The Bertz CT molecular complexity index is 951. The van der Waals surface area contributed by atoms with E-state index in [4.69, 9.17) is 0 Å². The molecule has 0 saturated carbocycles. The lowest BCUT2D eigenvalue weighted by molar-refractivity contribution is -0.117. The largest absolute Gasteiger partial charge is 0.326 e. The van der Waals surface area contributed by atoms with Crippen LogP contribution in [0.2, 0.25) is 0 Å². The normalized spacial score (nSPS) is 12.9. The molecule has 2 N–H and O–H groups in total. The van der Waals surface area contributed by atoms with E-state index in [-0.39, 0.29) is 30.8 Å². The highest BCUT2D eigenvalue weighted by molar-refractivity contribution is 5.98. The number of halogens is 1. The van der Waals surface area contributed by atoms with Crippen LogP contribution < -0.4 is 10.6 Å². The number of carbonyl (C=O) groups is 2. The zero-order chi connectivity index (χ0) is 16.5. The SMILES string of the molecule is Cl.O=C1CCc2c(cccc2NC(=O)Cn2cnc3ccccc32)N1. The van der Waals surface area contributed by atoms with E-state index in [1.165, 1.54) is 0 Å². The van der Waals surface area contributed by atoms with Gasteiger partial charge in [0.1, 0.15) is 6.54 Å². The number of imidazole rings is 1. The summed E-state index contributed by atoms with van der Waals surface area (Å²) >= 11 is 0. The summed E-state index contributed by atoms with van der Waals surface area (Å²) in [5.74, 6) is -0.112. The summed E-state index contributed by atoms with van der Waals surface area (Å²) < 4.78 is 1.82. The maximum absolute atomic E-state index is 12.4. The van der Waals surface area contributed by atoms with E-state index in [9.17, 15) is 9.59 Å². The average Bonchev–Trinajstić information content (AvgIpc) is 2.98. The first kappa shape index (κ1) is 17.0. The summed E-state index contributed by atoms with van der Waals surface area (Å²) in [5, 5.41) is 5.79. The molecule has 1 aromatic heterocycles.